The Kier molecular flexibility index (Phi) is 9.52. The smallest absolute Gasteiger partial charge is 0.135 e. The van der Waals surface area contributed by atoms with E-state index in [0.717, 1.165) is 29.9 Å². The largest absolute Gasteiger partial charge is 0.404 e. The SMILES string of the molecule is C=C(C1CCCCC1)N(CC12CCC(c3ccc(CC)c(C)c3)(CC1)CC2)c1cc(/C(C=NC(C)C)=C/N)cc(Cl)n1. The number of nitrogens with zero attached hydrogens (tertiary/aromatic N) is 3. The third-order valence-corrected chi connectivity index (χ3v) is 10.9. The molecular formula is C37H51ClN4. The molecule has 2 N–H and O–H groups in total. The van der Waals surface area contributed by atoms with E-state index in [-0.39, 0.29) is 11.5 Å². The number of aromatic nitrogens is 1. The molecule has 4 fully saturated rings. The Morgan fingerprint density at radius 2 is 1.79 bits per heavy atom. The van der Waals surface area contributed by atoms with Crippen LogP contribution in [0.15, 0.2) is 53.8 Å². The zero-order valence-electron chi connectivity index (χ0n) is 26.4. The molecule has 6 rings (SSSR count). The van der Waals surface area contributed by atoms with Gasteiger partial charge >= 0.3 is 0 Å². The molecule has 0 saturated heterocycles. The van der Waals surface area contributed by atoms with E-state index in [9.17, 15) is 0 Å². The Labute approximate surface area is 259 Å². The van der Waals surface area contributed by atoms with E-state index in [1.807, 2.05) is 12.3 Å². The molecule has 0 unspecified atom stereocenters. The Morgan fingerprint density at radius 1 is 1.10 bits per heavy atom. The maximum atomic E-state index is 6.71. The molecule has 4 saturated carbocycles. The van der Waals surface area contributed by atoms with Crippen molar-refractivity contribution in [2.24, 2.45) is 22.1 Å². The van der Waals surface area contributed by atoms with Crippen molar-refractivity contribution >= 4 is 29.2 Å². The highest BCUT2D eigenvalue weighted by molar-refractivity contribution is 6.30. The van der Waals surface area contributed by atoms with E-state index in [2.05, 4.69) is 61.9 Å². The Balaban J connectivity index is 1.44. The minimum Gasteiger partial charge on any atom is -0.404 e. The van der Waals surface area contributed by atoms with Crippen molar-refractivity contribution in [3.63, 3.8) is 0 Å². The van der Waals surface area contributed by atoms with Gasteiger partial charge in [0.05, 0.1) is 0 Å². The van der Waals surface area contributed by atoms with Gasteiger partial charge in [-0.25, -0.2) is 4.98 Å². The molecular weight excluding hydrogens is 536 g/mol. The van der Waals surface area contributed by atoms with Crippen LogP contribution in [-0.2, 0) is 11.8 Å². The highest BCUT2D eigenvalue weighted by Crippen LogP contribution is 2.58. The lowest BCUT2D eigenvalue weighted by Crippen LogP contribution is -2.49. The Morgan fingerprint density at radius 3 is 2.38 bits per heavy atom. The van der Waals surface area contributed by atoms with Crippen molar-refractivity contribution in [1.29, 1.82) is 0 Å². The van der Waals surface area contributed by atoms with E-state index in [0.29, 0.717) is 16.5 Å². The van der Waals surface area contributed by atoms with Crippen LogP contribution >= 0.6 is 11.6 Å². The van der Waals surface area contributed by atoms with Crippen LogP contribution in [0.3, 0.4) is 0 Å². The summed E-state index contributed by atoms with van der Waals surface area (Å²) in [7, 11) is 0. The van der Waals surface area contributed by atoms with Crippen molar-refractivity contribution < 1.29 is 0 Å². The predicted molar refractivity (Wildman–Crippen MR) is 180 cm³/mol. The number of anilines is 1. The molecule has 2 aromatic rings. The molecule has 4 aliphatic carbocycles. The number of rotatable bonds is 10. The average molecular weight is 587 g/mol. The van der Waals surface area contributed by atoms with Crippen LogP contribution in [0.25, 0.3) is 5.57 Å². The number of hydrogen-bond donors (Lipinski definition) is 1. The number of fused-ring (bicyclic) bond motifs is 3. The molecule has 1 aromatic heterocycles. The van der Waals surface area contributed by atoms with Gasteiger partial charge in [0.2, 0.25) is 0 Å². The number of allylic oxidation sites excluding steroid dienone is 2. The van der Waals surface area contributed by atoms with Crippen LogP contribution in [0.1, 0.15) is 114 Å². The zero-order valence-corrected chi connectivity index (χ0v) is 27.1. The highest BCUT2D eigenvalue weighted by atomic mass is 35.5. The average Bonchev–Trinajstić information content (AvgIpc) is 3.01. The summed E-state index contributed by atoms with van der Waals surface area (Å²) in [6, 6.07) is 11.6. The fourth-order valence-electron chi connectivity index (χ4n) is 7.91. The predicted octanol–water partition coefficient (Wildman–Crippen LogP) is 9.58. The molecule has 0 radical (unpaired) electrons. The zero-order chi connectivity index (χ0) is 29.9. The van der Waals surface area contributed by atoms with E-state index in [1.54, 1.807) is 11.8 Å². The molecule has 42 heavy (non-hydrogen) atoms. The van der Waals surface area contributed by atoms with Gasteiger partial charge in [-0.3, -0.25) is 4.99 Å². The van der Waals surface area contributed by atoms with E-state index in [4.69, 9.17) is 28.9 Å². The minimum atomic E-state index is 0.191. The standard InChI is InChI=1S/C37H51ClN4/c1-6-29-12-13-33(20-27(29)4)37-17-14-36(15-18-37,16-19-37)25-42(28(5)30-10-8-7-9-11-30)35-22-31(21-34(38)41-35)32(23-39)24-40-26(2)3/h12-13,20-24,26,30H,5-11,14-19,25,39H2,1-4H3/b32-23+,40-24?. The summed E-state index contributed by atoms with van der Waals surface area (Å²) < 4.78 is 0. The fraction of sp³-hybridized carbons (Fsp3) is 0.568. The van der Waals surface area contributed by atoms with Crippen LogP contribution < -0.4 is 10.6 Å². The van der Waals surface area contributed by atoms with Crippen LogP contribution in [0.2, 0.25) is 5.15 Å². The first-order chi connectivity index (χ1) is 20.2. The first kappa shape index (κ1) is 30.9. The van der Waals surface area contributed by atoms with Gasteiger partial charge < -0.3 is 10.6 Å². The van der Waals surface area contributed by atoms with Crippen molar-refractivity contribution in [3.8, 4) is 0 Å². The van der Waals surface area contributed by atoms with Crippen molar-refractivity contribution in [1.82, 2.24) is 4.98 Å². The monoisotopic (exact) mass is 586 g/mol. The number of benzene rings is 1. The van der Waals surface area contributed by atoms with Gasteiger partial charge in [0.15, 0.2) is 0 Å². The number of aryl methyl sites for hydroxylation is 2. The second-order valence-corrected chi connectivity index (χ2v) is 14.1. The van der Waals surface area contributed by atoms with Crippen LogP contribution in [0, 0.1) is 18.3 Å². The molecule has 0 atom stereocenters. The lowest BCUT2D eigenvalue weighted by atomic mass is 9.51. The molecule has 4 aliphatic rings. The van der Waals surface area contributed by atoms with E-state index in [1.165, 1.54) is 87.5 Å². The fourth-order valence-corrected chi connectivity index (χ4v) is 8.11. The number of aliphatic imine (C=N–C) groups is 1. The topological polar surface area (TPSA) is 54.5 Å². The third-order valence-electron chi connectivity index (χ3n) is 10.7. The van der Waals surface area contributed by atoms with Gasteiger partial charge in [-0.15, -0.1) is 0 Å². The summed E-state index contributed by atoms with van der Waals surface area (Å²) in [4.78, 5) is 12.0. The first-order valence-corrected chi connectivity index (χ1v) is 16.7. The Bertz CT molecular complexity index is 1310. The molecule has 0 aliphatic heterocycles. The number of pyridine rings is 1. The lowest BCUT2D eigenvalue weighted by Gasteiger charge is -2.55. The lowest BCUT2D eigenvalue weighted by molar-refractivity contribution is 0.0459. The number of halogens is 1. The Hall–Kier alpha value is -2.59. The molecule has 0 spiro atoms. The summed E-state index contributed by atoms with van der Waals surface area (Å²) in [6.07, 6.45) is 18.4. The van der Waals surface area contributed by atoms with Crippen molar-refractivity contribution in [3.05, 3.63) is 76.2 Å². The molecule has 2 bridgehead atoms. The molecule has 1 heterocycles. The summed E-state index contributed by atoms with van der Waals surface area (Å²) >= 11 is 6.71. The second kappa shape index (κ2) is 13.0. The van der Waals surface area contributed by atoms with Gasteiger partial charge in [0.25, 0.3) is 0 Å². The minimum absolute atomic E-state index is 0.191. The first-order valence-electron chi connectivity index (χ1n) is 16.4. The van der Waals surface area contributed by atoms with Crippen molar-refractivity contribution in [2.45, 2.75) is 116 Å². The van der Waals surface area contributed by atoms with Crippen LogP contribution in [0.4, 0.5) is 5.82 Å². The normalized spacial score (nSPS) is 25.0. The van der Waals surface area contributed by atoms with E-state index >= 15 is 0 Å². The maximum Gasteiger partial charge on any atom is 0.135 e. The summed E-state index contributed by atoms with van der Waals surface area (Å²) in [5, 5.41) is 0.482. The maximum absolute atomic E-state index is 6.71. The van der Waals surface area contributed by atoms with Crippen LogP contribution in [-0.4, -0.2) is 23.8 Å². The summed E-state index contributed by atoms with van der Waals surface area (Å²) in [6.45, 7) is 14.4. The number of hydrogen-bond acceptors (Lipinski definition) is 4. The van der Waals surface area contributed by atoms with Gasteiger partial charge in [-0.05, 0) is 130 Å². The highest BCUT2D eigenvalue weighted by Gasteiger charge is 2.50. The quantitative estimate of drug-likeness (QED) is 0.223. The molecule has 1 aromatic carbocycles. The van der Waals surface area contributed by atoms with Gasteiger partial charge in [0.1, 0.15) is 11.0 Å². The van der Waals surface area contributed by atoms with Crippen molar-refractivity contribution in [2.75, 3.05) is 11.4 Å². The van der Waals surface area contributed by atoms with Gasteiger partial charge in [-0.1, -0.05) is 62.6 Å². The summed E-state index contributed by atoms with van der Waals surface area (Å²) in [5.74, 6) is 1.39. The van der Waals surface area contributed by atoms with Gasteiger partial charge in [-0.2, -0.15) is 0 Å². The third kappa shape index (κ3) is 6.49. The van der Waals surface area contributed by atoms with Gasteiger partial charge in [0, 0.05) is 36.3 Å². The van der Waals surface area contributed by atoms with E-state index < -0.39 is 0 Å². The summed E-state index contributed by atoms with van der Waals surface area (Å²) in [5.41, 5.74) is 14.2. The van der Waals surface area contributed by atoms with Crippen LogP contribution in [0.5, 0.6) is 0 Å². The molecule has 226 valence electrons. The molecule has 5 heteroatoms. The second-order valence-electron chi connectivity index (χ2n) is 13.7. The molecule has 0 amide bonds. The molecule has 4 nitrogen and oxygen atoms in total. The number of nitrogens with two attached hydrogens (primary N) is 1.